The lowest BCUT2D eigenvalue weighted by Crippen LogP contribution is -2.41. The molecule has 6 N–H and O–H groups in total. The fourth-order valence-corrected chi connectivity index (χ4v) is 1.79. The van der Waals surface area contributed by atoms with Crippen LogP contribution in [0.25, 0.3) is 0 Å². The SMILES string of the molecule is CC(C)(Oc1ccccc1)C(=O)O.Cl.N=C(N=C(N)N)N1CCOCC1. The molecule has 0 bridgehead atoms. The average molecular weight is 388 g/mol. The number of rotatable bonds is 3. The molecule has 1 fully saturated rings. The van der Waals surface area contributed by atoms with Gasteiger partial charge in [-0.25, -0.2) is 4.79 Å². The first-order chi connectivity index (χ1) is 11.7. The number of aliphatic imine (C=N–C) groups is 1. The van der Waals surface area contributed by atoms with Crippen molar-refractivity contribution >= 4 is 30.3 Å². The first kappa shape index (κ1) is 23.5. The van der Waals surface area contributed by atoms with Gasteiger partial charge >= 0.3 is 5.97 Å². The third kappa shape index (κ3) is 8.54. The van der Waals surface area contributed by atoms with Crippen molar-refractivity contribution in [3.63, 3.8) is 0 Å². The highest BCUT2D eigenvalue weighted by atomic mass is 35.5. The van der Waals surface area contributed by atoms with E-state index < -0.39 is 11.6 Å². The second-order valence-corrected chi connectivity index (χ2v) is 5.69. The Bertz CT molecular complexity index is 600. The minimum atomic E-state index is -1.18. The summed E-state index contributed by atoms with van der Waals surface area (Å²) in [4.78, 5) is 16.1. The Morgan fingerprint density at radius 1 is 1.27 bits per heavy atom. The van der Waals surface area contributed by atoms with Crippen molar-refractivity contribution in [2.24, 2.45) is 16.5 Å². The van der Waals surface area contributed by atoms with Crippen molar-refractivity contribution in [1.82, 2.24) is 4.90 Å². The minimum Gasteiger partial charge on any atom is -0.478 e. The molecule has 0 unspecified atom stereocenters. The second kappa shape index (κ2) is 11.2. The third-order valence-electron chi connectivity index (χ3n) is 3.18. The number of nitrogens with zero attached hydrogens (tertiary/aromatic N) is 2. The van der Waals surface area contributed by atoms with Crippen LogP contribution in [0, 0.1) is 5.41 Å². The lowest BCUT2D eigenvalue weighted by Gasteiger charge is -2.26. The highest BCUT2D eigenvalue weighted by Crippen LogP contribution is 2.17. The number of ether oxygens (including phenoxy) is 2. The number of hydrogen-bond acceptors (Lipinski definition) is 4. The quantitative estimate of drug-likeness (QED) is 0.444. The summed E-state index contributed by atoms with van der Waals surface area (Å²) < 4.78 is 10.4. The monoisotopic (exact) mass is 387 g/mol. The van der Waals surface area contributed by atoms with Gasteiger partial charge < -0.3 is 30.9 Å². The van der Waals surface area contributed by atoms with E-state index in [-0.39, 0.29) is 24.3 Å². The molecule has 9 nitrogen and oxygen atoms in total. The van der Waals surface area contributed by atoms with Crippen LogP contribution in [-0.4, -0.2) is 59.8 Å². The van der Waals surface area contributed by atoms with E-state index in [1.54, 1.807) is 29.2 Å². The second-order valence-electron chi connectivity index (χ2n) is 5.69. The summed E-state index contributed by atoms with van der Waals surface area (Å²) in [5.41, 5.74) is 9.08. The van der Waals surface area contributed by atoms with Crippen molar-refractivity contribution < 1.29 is 19.4 Å². The molecule has 1 aliphatic heterocycles. The summed E-state index contributed by atoms with van der Waals surface area (Å²) in [7, 11) is 0. The summed E-state index contributed by atoms with van der Waals surface area (Å²) in [6, 6.07) is 8.90. The molecular formula is C16H26ClN5O4. The number of benzene rings is 1. The number of para-hydroxylation sites is 1. The largest absolute Gasteiger partial charge is 0.478 e. The van der Waals surface area contributed by atoms with E-state index in [0.717, 1.165) is 0 Å². The minimum absolute atomic E-state index is 0. The summed E-state index contributed by atoms with van der Waals surface area (Å²) >= 11 is 0. The van der Waals surface area contributed by atoms with Crippen LogP contribution in [0.4, 0.5) is 0 Å². The van der Waals surface area contributed by atoms with Crippen LogP contribution in [-0.2, 0) is 9.53 Å². The number of carbonyl (C=O) groups is 1. The van der Waals surface area contributed by atoms with Crippen LogP contribution in [0.5, 0.6) is 5.75 Å². The first-order valence-electron chi connectivity index (χ1n) is 7.70. The van der Waals surface area contributed by atoms with Crippen LogP contribution in [0.1, 0.15) is 13.8 Å². The molecule has 1 aromatic carbocycles. The van der Waals surface area contributed by atoms with E-state index in [1.807, 2.05) is 6.07 Å². The van der Waals surface area contributed by atoms with Crippen molar-refractivity contribution in [1.29, 1.82) is 5.41 Å². The number of hydrogen-bond donors (Lipinski definition) is 4. The smallest absolute Gasteiger partial charge is 0.347 e. The highest BCUT2D eigenvalue weighted by molar-refractivity contribution is 5.91. The van der Waals surface area contributed by atoms with Crippen LogP contribution in [0.15, 0.2) is 35.3 Å². The van der Waals surface area contributed by atoms with Gasteiger partial charge in [-0.3, -0.25) is 5.41 Å². The normalized spacial score (nSPS) is 13.4. The van der Waals surface area contributed by atoms with Gasteiger partial charge in [0.2, 0.25) is 5.96 Å². The van der Waals surface area contributed by atoms with Gasteiger partial charge in [-0.1, -0.05) is 18.2 Å². The maximum Gasteiger partial charge on any atom is 0.347 e. The molecule has 1 aliphatic rings. The number of guanidine groups is 2. The number of morpholine rings is 1. The zero-order valence-corrected chi connectivity index (χ0v) is 15.7. The van der Waals surface area contributed by atoms with Crippen LogP contribution >= 0.6 is 12.4 Å². The molecule has 0 atom stereocenters. The van der Waals surface area contributed by atoms with Crippen molar-refractivity contribution in [3.8, 4) is 5.75 Å². The zero-order chi connectivity index (χ0) is 18.9. The van der Waals surface area contributed by atoms with Gasteiger partial charge in [-0.05, 0) is 26.0 Å². The molecule has 0 radical (unpaired) electrons. The number of nitrogens with two attached hydrogens (primary N) is 2. The molecule has 0 aliphatic carbocycles. The van der Waals surface area contributed by atoms with Crippen LogP contribution < -0.4 is 16.2 Å². The predicted molar refractivity (Wildman–Crippen MR) is 102 cm³/mol. The maximum absolute atomic E-state index is 10.7. The van der Waals surface area contributed by atoms with Gasteiger partial charge in [-0.15, -0.1) is 12.4 Å². The van der Waals surface area contributed by atoms with E-state index in [0.29, 0.717) is 32.1 Å². The lowest BCUT2D eigenvalue weighted by molar-refractivity contribution is -0.152. The summed E-state index contributed by atoms with van der Waals surface area (Å²) in [5, 5.41) is 16.2. The molecule has 1 heterocycles. The van der Waals surface area contributed by atoms with Gasteiger partial charge in [0.05, 0.1) is 13.2 Å². The number of halogens is 1. The van der Waals surface area contributed by atoms with Crippen molar-refractivity contribution in [2.75, 3.05) is 26.3 Å². The highest BCUT2D eigenvalue weighted by Gasteiger charge is 2.29. The van der Waals surface area contributed by atoms with Crippen molar-refractivity contribution in [2.45, 2.75) is 19.4 Å². The van der Waals surface area contributed by atoms with E-state index in [4.69, 9.17) is 31.5 Å². The Morgan fingerprint density at radius 2 is 1.81 bits per heavy atom. The molecule has 0 spiro atoms. The number of aliphatic carboxylic acids is 1. The molecule has 2 rings (SSSR count). The van der Waals surface area contributed by atoms with Gasteiger partial charge in [0.25, 0.3) is 0 Å². The van der Waals surface area contributed by atoms with Crippen LogP contribution in [0.2, 0.25) is 0 Å². The summed E-state index contributed by atoms with van der Waals surface area (Å²) in [6.07, 6.45) is 0. The van der Waals surface area contributed by atoms with E-state index >= 15 is 0 Å². The Balaban J connectivity index is 0.000000464. The number of nitrogens with one attached hydrogen (secondary N) is 1. The maximum atomic E-state index is 10.7. The fraction of sp³-hybridized carbons (Fsp3) is 0.438. The standard InChI is InChI=1S/C10H12O3.C6H13N5O.ClH/c1-10(2,9(11)12)13-8-6-4-3-5-7-8;7-5(8)10-6(9)11-1-3-12-4-2-11;/h3-7H,1-2H3,(H,11,12);1-4H2,(H5,7,8,9,10);1H. The molecule has 1 saturated heterocycles. The molecule has 0 saturated carbocycles. The van der Waals surface area contributed by atoms with E-state index in [9.17, 15) is 4.79 Å². The summed E-state index contributed by atoms with van der Waals surface area (Å²) in [6.45, 7) is 5.64. The molecule has 146 valence electrons. The molecular weight excluding hydrogens is 362 g/mol. The first-order valence-corrected chi connectivity index (χ1v) is 7.70. The Hall–Kier alpha value is -2.52. The molecule has 0 amide bonds. The van der Waals surface area contributed by atoms with Crippen molar-refractivity contribution in [3.05, 3.63) is 30.3 Å². The summed E-state index contributed by atoms with van der Waals surface area (Å²) in [5.74, 6) is -0.379. The van der Waals surface area contributed by atoms with Crippen LogP contribution in [0.3, 0.4) is 0 Å². The zero-order valence-electron chi connectivity index (χ0n) is 14.8. The lowest BCUT2D eigenvalue weighted by atomic mass is 10.1. The topological polar surface area (TPSA) is 147 Å². The van der Waals surface area contributed by atoms with E-state index in [2.05, 4.69) is 4.99 Å². The van der Waals surface area contributed by atoms with Gasteiger partial charge in [0, 0.05) is 13.1 Å². The molecule has 10 heteroatoms. The number of carboxylic acid groups (broad SMARTS) is 1. The Labute approximate surface area is 158 Å². The van der Waals surface area contributed by atoms with Gasteiger partial charge in [-0.2, -0.15) is 4.99 Å². The predicted octanol–water partition coefficient (Wildman–Crippen LogP) is 0.877. The van der Waals surface area contributed by atoms with E-state index in [1.165, 1.54) is 13.8 Å². The molecule has 0 aromatic heterocycles. The number of carboxylic acids is 1. The van der Waals surface area contributed by atoms with Gasteiger partial charge in [0.15, 0.2) is 11.6 Å². The fourth-order valence-electron chi connectivity index (χ4n) is 1.79. The van der Waals surface area contributed by atoms with Gasteiger partial charge in [0.1, 0.15) is 5.75 Å². The Kier molecular flexibility index (Phi) is 10.1. The molecule has 26 heavy (non-hydrogen) atoms. The Morgan fingerprint density at radius 3 is 2.27 bits per heavy atom. The average Bonchev–Trinajstić information content (AvgIpc) is 2.56. The molecule has 1 aromatic rings. The third-order valence-corrected chi connectivity index (χ3v) is 3.18.